The van der Waals surface area contributed by atoms with Gasteiger partial charge in [-0.1, -0.05) is 26.7 Å². The lowest BCUT2D eigenvalue weighted by molar-refractivity contribution is -0.0704. The maximum atomic E-state index is 5.48. The van der Waals surface area contributed by atoms with Gasteiger partial charge in [0.1, 0.15) is 0 Å². The van der Waals surface area contributed by atoms with Crippen LogP contribution in [0.1, 0.15) is 52.4 Å². The van der Waals surface area contributed by atoms with Crippen LogP contribution in [0.15, 0.2) is 0 Å². The lowest BCUT2D eigenvalue weighted by atomic mass is 9.81. The molecular formula is C16H30N2O. The van der Waals surface area contributed by atoms with Gasteiger partial charge >= 0.3 is 0 Å². The van der Waals surface area contributed by atoms with Crippen LogP contribution >= 0.6 is 0 Å². The van der Waals surface area contributed by atoms with Gasteiger partial charge < -0.3 is 10.1 Å². The molecule has 2 aliphatic carbocycles. The van der Waals surface area contributed by atoms with E-state index >= 15 is 0 Å². The molecule has 1 heterocycles. The monoisotopic (exact) mass is 266 g/mol. The van der Waals surface area contributed by atoms with E-state index in [-0.39, 0.29) is 0 Å². The minimum Gasteiger partial charge on any atom is -0.381 e. The molecule has 19 heavy (non-hydrogen) atoms. The van der Waals surface area contributed by atoms with E-state index in [9.17, 15) is 0 Å². The molecule has 0 amide bonds. The second kappa shape index (κ2) is 5.34. The topological polar surface area (TPSA) is 24.5 Å². The van der Waals surface area contributed by atoms with Crippen molar-refractivity contribution >= 4 is 0 Å². The fraction of sp³-hybridized carbons (Fsp3) is 1.00. The number of hydrogen-bond donors (Lipinski definition) is 1. The smallest absolute Gasteiger partial charge is 0.0601 e. The molecule has 0 radical (unpaired) electrons. The van der Waals surface area contributed by atoms with Crippen molar-refractivity contribution in [3.63, 3.8) is 0 Å². The molecule has 1 aliphatic heterocycles. The average molecular weight is 266 g/mol. The van der Waals surface area contributed by atoms with Crippen LogP contribution in [-0.4, -0.2) is 48.8 Å². The van der Waals surface area contributed by atoms with E-state index in [1.807, 2.05) is 7.11 Å². The molecule has 1 saturated heterocycles. The van der Waals surface area contributed by atoms with Crippen molar-refractivity contribution in [1.29, 1.82) is 0 Å². The predicted molar refractivity (Wildman–Crippen MR) is 78.4 cm³/mol. The van der Waals surface area contributed by atoms with Crippen molar-refractivity contribution in [2.24, 2.45) is 5.92 Å². The molecule has 110 valence electrons. The second-order valence-corrected chi connectivity index (χ2v) is 7.33. The first kappa shape index (κ1) is 13.8. The van der Waals surface area contributed by atoms with Crippen molar-refractivity contribution in [2.75, 3.05) is 20.2 Å². The van der Waals surface area contributed by atoms with Crippen molar-refractivity contribution in [3.05, 3.63) is 0 Å². The zero-order valence-electron chi connectivity index (χ0n) is 12.8. The largest absolute Gasteiger partial charge is 0.381 e. The summed E-state index contributed by atoms with van der Waals surface area (Å²) in [4.78, 5) is 2.84. The summed E-state index contributed by atoms with van der Waals surface area (Å²) in [5, 5.41) is 3.91. The number of rotatable bonds is 3. The summed E-state index contributed by atoms with van der Waals surface area (Å²) in [6.45, 7) is 7.21. The molecule has 0 aromatic carbocycles. The Morgan fingerprint density at radius 1 is 1.21 bits per heavy atom. The molecule has 0 bridgehead atoms. The Labute approximate surface area is 118 Å². The summed E-state index contributed by atoms with van der Waals surface area (Å²) in [7, 11) is 1.86. The molecule has 1 N–H and O–H groups in total. The van der Waals surface area contributed by atoms with Crippen LogP contribution < -0.4 is 5.32 Å². The van der Waals surface area contributed by atoms with Gasteiger partial charge in [-0.3, -0.25) is 4.90 Å². The van der Waals surface area contributed by atoms with Crippen LogP contribution in [0.5, 0.6) is 0 Å². The van der Waals surface area contributed by atoms with Gasteiger partial charge in [-0.2, -0.15) is 0 Å². The maximum absolute atomic E-state index is 5.48. The van der Waals surface area contributed by atoms with Gasteiger partial charge in [0.25, 0.3) is 0 Å². The zero-order valence-corrected chi connectivity index (χ0v) is 12.8. The molecule has 2 saturated carbocycles. The average Bonchev–Trinajstić information content (AvgIpc) is 2.76. The molecule has 3 heteroatoms. The standard InChI is InChI=1S/C16H30N2O/c1-12(2)15-10-17-16(6-4-5-7-16)11-18(15)13-8-14(9-13)19-3/h12-15,17H,4-11H2,1-3H3. The summed E-state index contributed by atoms with van der Waals surface area (Å²) in [6, 6.07) is 1.49. The molecule has 1 atom stereocenters. The number of hydrogen-bond acceptors (Lipinski definition) is 3. The van der Waals surface area contributed by atoms with Gasteiger partial charge in [0.15, 0.2) is 0 Å². The van der Waals surface area contributed by atoms with Gasteiger partial charge in [-0.05, 0) is 31.6 Å². The van der Waals surface area contributed by atoms with Crippen molar-refractivity contribution in [2.45, 2.75) is 76.1 Å². The van der Waals surface area contributed by atoms with Gasteiger partial charge in [-0.25, -0.2) is 0 Å². The van der Waals surface area contributed by atoms with Gasteiger partial charge in [0.05, 0.1) is 6.10 Å². The first-order valence-electron chi connectivity index (χ1n) is 8.17. The Hall–Kier alpha value is -0.120. The molecule has 0 aromatic rings. The minimum absolute atomic E-state index is 0.448. The van der Waals surface area contributed by atoms with Gasteiger partial charge in [0.2, 0.25) is 0 Å². The fourth-order valence-electron chi connectivity index (χ4n) is 4.37. The minimum atomic E-state index is 0.448. The zero-order chi connectivity index (χ0) is 13.5. The highest BCUT2D eigenvalue weighted by Crippen LogP contribution is 2.38. The van der Waals surface area contributed by atoms with Crippen molar-refractivity contribution < 1.29 is 4.74 Å². The van der Waals surface area contributed by atoms with E-state index in [4.69, 9.17) is 4.74 Å². The molecule has 3 rings (SSSR count). The van der Waals surface area contributed by atoms with Crippen LogP contribution in [0, 0.1) is 5.92 Å². The second-order valence-electron chi connectivity index (χ2n) is 7.33. The van der Waals surface area contributed by atoms with Gasteiger partial charge in [-0.15, -0.1) is 0 Å². The Morgan fingerprint density at radius 2 is 1.89 bits per heavy atom. The quantitative estimate of drug-likeness (QED) is 0.849. The van der Waals surface area contributed by atoms with Gasteiger partial charge in [0, 0.05) is 37.8 Å². The third-order valence-electron chi connectivity index (χ3n) is 5.80. The third-order valence-corrected chi connectivity index (χ3v) is 5.80. The Morgan fingerprint density at radius 3 is 2.47 bits per heavy atom. The van der Waals surface area contributed by atoms with E-state index in [1.54, 1.807) is 0 Å². The van der Waals surface area contributed by atoms with Crippen molar-refractivity contribution in [3.8, 4) is 0 Å². The Bertz CT molecular complexity index is 306. The molecule has 3 aliphatic rings. The molecule has 1 unspecified atom stereocenters. The van der Waals surface area contributed by atoms with Crippen LogP contribution in [0.4, 0.5) is 0 Å². The summed E-state index contributed by atoms with van der Waals surface area (Å²) in [5.41, 5.74) is 0.448. The predicted octanol–water partition coefficient (Wildman–Crippen LogP) is 2.41. The third kappa shape index (κ3) is 2.57. The number of ether oxygens (including phenoxy) is 1. The highest BCUT2D eigenvalue weighted by atomic mass is 16.5. The molecule has 1 spiro atoms. The normalized spacial score (nSPS) is 38.8. The first-order valence-corrected chi connectivity index (χ1v) is 8.17. The molecule has 0 aromatic heterocycles. The Balaban J connectivity index is 1.68. The summed E-state index contributed by atoms with van der Waals surface area (Å²) < 4.78 is 5.48. The number of methoxy groups -OCH3 is 1. The van der Waals surface area contributed by atoms with E-state index in [0.29, 0.717) is 17.7 Å². The lowest BCUT2D eigenvalue weighted by Crippen LogP contribution is -2.68. The van der Waals surface area contributed by atoms with Crippen LogP contribution in [0.2, 0.25) is 0 Å². The first-order chi connectivity index (χ1) is 9.13. The van der Waals surface area contributed by atoms with Crippen LogP contribution in [0.25, 0.3) is 0 Å². The van der Waals surface area contributed by atoms with E-state index in [1.165, 1.54) is 51.6 Å². The summed E-state index contributed by atoms with van der Waals surface area (Å²) in [6.07, 6.45) is 8.61. The Kier molecular flexibility index (Phi) is 3.89. The SMILES string of the molecule is COC1CC(N2CC3(CCCC3)NCC2C(C)C)C1. The van der Waals surface area contributed by atoms with E-state index in [2.05, 4.69) is 24.1 Å². The maximum Gasteiger partial charge on any atom is 0.0601 e. The van der Waals surface area contributed by atoms with Crippen LogP contribution in [-0.2, 0) is 4.74 Å². The highest BCUT2D eigenvalue weighted by Gasteiger charge is 2.46. The lowest BCUT2D eigenvalue weighted by Gasteiger charge is -2.54. The molecule has 3 fully saturated rings. The van der Waals surface area contributed by atoms with E-state index in [0.717, 1.165) is 12.0 Å². The highest BCUT2D eigenvalue weighted by molar-refractivity contribution is 5.05. The molecular weight excluding hydrogens is 236 g/mol. The van der Waals surface area contributed by atoms with E-state index < -0.39 is 0 Å². The fourth-order valence-corrected chi connectivity index (χ4v) is 4.37. The molecule has 3 nitrogen and oxygen atoms in total. The number of nitrogens with one attached hydrogen (secondary N) is 1. The number of nitrogens with zero attached hydrogens (tertiary/aromatic N) is 1. The summed E-state index contributed by atoms with van der Waals surface area (Å²) in [5.74, 6) is 0.743. The number of piperazine rings is 1. The van der Waals surface area contributed by atoms with Crippen molar-refractivity contribution in [1.82, 2.24) is 10.2 Å². The van der Waals surface area contributed by atoms with Crippen LogP contribution in [0.3, 0.4) is 0 Å². The summed E-state index contributed by atoms with van der Waals surface area (Å²) >= 11 is 0.